The summed E-state index contributed by atoms with van der Waals surface area (Å²) in [5.41, 5.74) is 6.98. The minimum absolute atomic E-state index is 0.144. The fourth-order valence-electron chi connectivity index (χ4n) is 2.46. The number of rotatable bonds is 3. The number of benzene rings is 1. The molecule has 1 nitrogen and oxygen atoms in total. The van der Waals surface area contributed by atoms with Gasteiger partial charge in [0.2, 0.25) is 0 Å². The molecule has 2 rings (SSSR count). The maximum Gasteiger partial charge on any atom is 0.0725 e. The number of aryl methyl sites for hydroxylation is 2. The summed E-state index contributed by atoms with van der Waals surface area (Å²) in [4.78, 5) is 4.72. The van der Waals surface area contributed by atoms with Crippen LogP contribution in [-0.4, -0.2) is 11.8 Å². The molecule has 1 aliphatic heterocycles. The van der Waals surface area contributed by atoms with Crippen LogP contribution in [0.25, 0.3) is 0 Å². The monoisotopic (exact) mass is 237 g/mol. The molecule has 0 aliphatic carbocycles. The molecule has 0 N–H and O–H groups in total. The van der Waals surface area contributed by atoms with Crippen LogP contribution in [0.2, 0.25) is 0 Å². The lowest BCUT2D eigenvalue weighted by molar-refractivity contribution is 0.792. The molecule has 0 saturated carbocycles. The van der Waals surface area contributed by atoms with E-state index in [1.807, 2.05) is 6.08 Å². The van der Waals surface area contributed by atoms with Crippen molar-refractivity contribution in [1.82, 2.24) is 0 Å². The van der Waals surface area contributed by atoms with Gasteiger partial charge in [0.1, 0.15) is 0 Å². The Kier molecular flexibility index (Phi) is 3.33. The molecule has 1 heteroatoms. The summed E-state index contributed by atoms with van der Waals surface area (Å²) in [6.07, 6.45) is 4.60. The first-order chi connectivity index (χ1) is 8.56. The second-order valence-corrected chi connectivity index (χ2v) is 4.82. The highest BCUT2D eigenvalue weighted by molar-refractivity contribution is 6.15. The van der Waals surface area contributed by atoms with Crippen LogP contribution in [0.1, 0.15) is 22.3 Å². The maximum absolute atomic E-state index is 4.72. The third kappa shape index (κ3) is 2.08. The Morgan fingerprint density at radius 2 is 2.06 bits per heavy atom. The van der Waals surface area contributed by atoms with Gasteiger partial charge in [-0.1, -0.05) is 36.9 Å². The Bertz CT molecular complexity index is 561. The minimum Gasteiger partial charge on any atom is -0.276 e. The zero-order valence-corrected chi connectivity index (χ0v) is 11.2. The smallest absolute Gasteiger partial charge is 0.0725 e. The van der Waals surface area contributed by atoms with Crippen molar-refractivity contribution >= 4 is 5.71 Å². The summed E-state index contributed by atoms with van der Waals surface area (Å²) in [5.74, 6) is 0. The van der Waals surface area contributed by atoms with Crippen molar-refractivity contribution in [3.8, 4) is 0 Å². The van der Waals surface area contributed by atoms with E-state index < -0.39 is 0 Å². The molecule has 0 fully saturated rings. The average molecular weight is 237 g/mol. The van der Waals surface area contributed by atoms with Crippen molar-refractivity contribution in [2.24, 2.45) is 4.99 Å². The molecule has 0 saturated heterocycles. The van der Waals surface area contributed by atoms with Crippen molar-refractivity contribution in [3.63, 3.8) is 0 Å². The van der Waals surface area contributed by atoms with Crippen LogP contribution in [0.4, 0.5) is 0 Å². The van der Waals surface area contributed by atoms with E-state index in [0.29, 0.717) is 0 Å². The fraction of sp³-hybridized carbons (Fsp3) is 0.235. The van der Waals surface area contributed by atoms with E-state index in [1.165, 1.54) is 22.3 Å². The van der Waals surface area contributed by atoms with Gasteiger partial charge in [-0.2, -0.15) is 0 Å². The van der Waals surface area contributed by atoms with E-state index in [1.54, 1.807) is 6.08 Å². The Labute approximate surface area is 109 Å². The van der Waals surface area contributed by atoms with Gasteiger partial charge in [-0.3, -0.25) is 4.99 Å². The van der Waals surface area contributed by atoms with Crippen LogP contribution >= 0.6 is 0 Å². The van der Waals surface area contributed by atoms with Crippen LogP contribution in [0.3, 0.4) is 0 Å². The van der Waals surface area contributed by atoms with Gasteiger partial charge in [0.15, 0.2) is 0 Å². The average Bonchev–Trinajstić information content (AvgIpc) is 2.36. The van der Waals surface area contributed by atoms with E-state index in [9.17, 15) is 0 Å². The molecule has 1 aromatic carbocycles. The van der Waals surface area contributed by atoms with Crippen LogP contribution in [0, 0.1) is 13.8 Å². The summed E-state index contributed by atoms with van der Waals surface area (Å²) < 4.78 is 0. The van der Waals surface area contributed by atoms with E-state index in [4.69, 9.17) is 4.99 Å². The second kappa shape index (κ2) is 4.77. The molecule has 0 radical (unpaired) electrons. The third-order valence-corrected chi connectivity index (χ3v) is 3.40. The van der Waals surface area contributed by atoms with Gasteiger partial charge < -0.3 is 0 Å². The summed E-state index contributed by atoms with van der Waals surface area (Å²) in [6.45, 7) is 16.0. The van der Waals surface area contributed by atoms with Gasteiger partial charge in [-0.25, -0.2) is 0 Å². The Hall–Kier alpha value is -1.89. The normalized spacial score (nSPS) is 17.7. The zero-order chi connectivity index (χ0) is 13.3. The number of nitrogens with zero attached hydrogens (tertiary/aromatic N) is 1. The fourth-order valence-corrected chi connectivity index (χ4v) is 2.46. The Morgan fingerprint density at radius 3 is 2.67 bits per heavy atom. The third-order valence-electron chi connectivity index (χ3n) is 3.40. The lowest BCUT2D eigenvalue weighted by Crippen LogP contribution is -2.21. The first-order valence-corrected chi connectivity index (χ1v) is 6.19. The van der Waals surface area contributed by atoms with Crippen LogP contribution in [0.15, 0.2) is 54.6 Å². The second-order valence-electron chi connectivity index (χ2n) is 4.82. The maximum atomic E-state index is 4.72. The zero-order valence-electron chi connectivity index (χ0n) is 11.2. The molecule has 0 bridgehead atoms. The van der Waals surface area contributed by atoms with Gasteiger partial charge in [0.05, 0.1) is 11.8 Å². The largest absolute Gasteiger partial charge is 0.276 e. The van der Waals surface area contributed by atoms with Gasteiger partial charge in [0.25, 0.3) is 0 Å². The Morgan fingerprint density at radius 1 is 1.33 bits per heavy atom. The summed E-state index contributed by atoms with van der Waals surface area (Å²) in [6, 6.07) is 4.55. The van der Waals surface area contributed by atoms with E-state index >= 15 is 0 Å². The molecular weight excluding hydrogens is 218 g/mol. The summed E-state index contributed by atoms with van der Waals surface area (Å²) >= 11 is 0. The number of aliphatic imine (C=N–C) groups is 1. The van der Waals surface area contributed by atoms with Crippen molar-refractivity contribution in [2.45, 2.75) is 26.3 Å². The molecule has 0 spiro atoms. The SMILES string of the molecule is C=CC(=C)C1=NC(C=C)Cc2c(C)cc(C)cc21. The molecule has 1 heterocycles. The quantitative estimate of drug-likeness (QED) is 0.557. The first kappa shape index (κ1) is 12.6. The van der Waals surface area contributed by atoms with E-state index in [2.05, 4.69) is 45.7 Å². The number of hydrogen-bond donors (Lipinski definition) is 0. The van der Waals surface area contributed by atoms with E-state index in [0.717, 1.165) is 17.7 Å². The topological polar surface area (TPSA) is 12.4 Å². The van der Waals surface area contributed by atoms with Crippen molar-refractivity contribution in [3.05, 3.63) is 71.8 Å². The molecule has 18 heavy (non-hydrogen) atoms. The van der Waals surface area contributed by atoms with Crippen LogP contribution < -0.4 is 0 Å². The summed E-state index contributed by atoms with van der Waals surface area (Å²) in [7, 11) is 0. The molecule has 1 aliphatic rings. The van der Waals surface area contributed by atoms with Crippen molar-refractivity contribution in [1.29, 1.82) is 0 Å². The van der Waals surface area contributed by atoms with Crippen molar-refractivity contribution < 1.29 is 0 Å². The highest BCUT2D eigenvalue weighted by atomic mass is 14.8. The lowest BCUT2D eigenvalue weighted by Gasteiger charge is -2.24. The predicted molar refractivity (Wildman–Crippen MR) is 79.5 cm³/mol. The van der Waals surface area contributed by atoms with Crippen molar-refractivity contribution in [2.75, 3.05) is 0 Å². The van der Waals surface area contributed by atoms with Gasteiger partial charge in [-0.15, -0.1) is 6.58 Å². The molecule has 1 aromatic rings. The molecule has 0 aromatic heterocycles. The molecule has 1 unspecified atom stereocenters. The summed E-state index contributed by atoms with van der Waals surface area (Å²) in [5, 5.41) is 0. The standard InChI is InChI=1S/C17H19N/c1-6-12(4)17-16-9-11(3)8-13(5)15(16)10-14(7-2)18-17/h6-9,14H,1-2,4,10H2,3,5H3. The molecule has 0 amide bonds. The number of fused-ring (bicyclic) bond motifs is 1. The van der Waals surface area contributed by atoms with Gasteiger partial charge in [-0.05, 0) is 43.0 Å². The van der Waals surface area contributed by atoms with Gasteiger partial charge in [0, 0.05) is 5.56 Å². The highest BCUT2D eigenvalue weighted by Crippen LogP contribution is 2.27. The van der Waals surface area contributed by atoms with Crippen LogP contribution in [0.5, 0.6) is 0 Å². The molecule has 1 atom stereocenters. The highest BCUT2D eigenvalue weighted by Gasteiger charge is 2.21. The Balaban J connectivity index is 2.66. The van der Waals surface area contributed by atoms with Gasteiger partial charge >= 0.3 is 0 Å². The first-order valence-electron chi connectivity index (χ1n) is 6.19. The predicted octanol–water partition coefficient (Wildman–Crippen LogP) is 3.95. The number of hydrogen-bond acceptors (Lipinski definition) is 1. The molecule has 92 valence electrons. The minimum atomic E-state index is 0.144. The molecular formula is C17H19N. The van der Waals surface area contributed by atoms with Crippen LogP contribution in [-0.2, 0) is 6.42 Å². The van der Waals surface area contributed by atoms with E-state index in [-0.39, 0.29) is 6.04 Å². The lowest BCUT2D eigenvalue weighted by atomic mass is 9.86. The number of allylic oxidation sites excluding steroid dienone is 2.